The van der Waals surface area contributed by atoms with E-state index in [1.54, 1.807) is 4.90 Å². The predicted molar refractivity (Wildman–Crippen MR) is 78.6 cm³/mol. The van der Waals surface area contributed by atoms with Gasteiger partial charge in [-0.2, -0.15) is 0 Å². The van der Waals surface area contributed by atoms with Crippen LogP contribution in [0.3, 0.4) is 0 Å². The third-order valence-corrected chi connectivity index (χ3v) is 4.06. The van der Waals surface area contributed by atoms with Crippen molar-refractivity contribution in [2.24, 2.45) is 0 Å². The van der Waals surface area contributed by atoms with E-state index < -0.39 is 0 Å². The number of benzene rings is 1. The highest BCUT2D eigenvalue weighted by molar-refractivity contribution is 5.90. The second kappa shape index (κ2) is 6.71. The highest BCUT2D eigenvalue weighted by Crippen LogP contribution is 2.14. The minimum atomic E-state index is 0.140. The first-order chi connectivity index (χ1) is 9.15. The van der Waals surface area contributed by atoms with Crippen LogP contribution in [0.5, 0.6) is 0 Å². The number of carbonyl (C=O) groups is 1. The molecule has 3 heteroatoms. The molecule has 1 amide bonds. The van der Waals surface area contributed by atoms with Gasteiger partial charge in [0.25, 0.3) is 0 Å². The summed E-state index contributed by atoms with van der Waals surface area (Å²) in [6.45, 7) is 7.59. The smallest absolute Gasteiger partial charge is 0.230 e. The third kappa shape index (κ3) is 4.35. The Labute approximate surface area is 116 Å². The second-order valence-corrected chi connectivity index (χ2v) is 5.66. The van der Waals surface area contributed by atoms with Gasteiger partial charge in [0.2, 0.25) is 5.91 Å². The van der Waals surface area contributed by atoms with Crippen LogP contribution in [0, 0.1) is 13.8 Å². The summed E-state index contributed by atoms with van der Waals surface area (Å²) in [7, 11) is 0. The fraction of sp³-hybridized carbons (Fsp3) is 0.562. The van der Waals surface area contributed by atoms with Gasteiger partial charge in [-0.1, -0.05) is 6.07 Å². The first-order valence-electron chi connectivity index (χ1n) is 7.36. The standard InChI is InChI=1S/C16H24N2O/c1-13-6-7-15(12-14(13)2)17-16(19)8-11-18-9-4-3-5-10-18/h6-7,12H,3-5,8-11H2,1-2H3,(H,17,19)/p+1. The number of hydrogen-bond acceptors (Lipinski definition) is 1. The average Bonchev–Trinajstić information content (AvgIpc) is 2.42. The van der Waals surface area contributed by atoms with Gasteiger partial charge in [0, 0.05) is 5.69 Å². The maximum Gasteiger partial charge on any atom is 0.230 e. The highest BCUT2D eigenvalue weighted by Gasteiger charge is 2.14. The van der Waals surface area contributed by atoms with Crippen LogP contribution in [0.2, 0.25) is 0 Å². The number of aryl methyl sites for hydroxylation is 2. The predicted octanol–water partition coefficient (Wildman–Crippen LogP) is 1.70. The molecular formula is C16H25N2O+. The van der Waals surface area contributed by atoms with Crippen molar-refractivity contribution in [1.82, 2.24) is 0 Å². The molecule has 1 aliphatic heterocycles. The van der Waals surface area contributed by atoms with Gasteiger partial charge in [0.1, 0.15) is 0 Å². The number of rotatable bonds is 4. The molecule has 2 N–H and O–H groups in total. The fourth-order valence-corrected chi connectivity index (χ4v) is 2.63. The summed E-state index contributed by atoms with van der Waals surface area (Å²) in [5.74, 6) is 0.140. The first kappa shape index (κ1) is 14.1. The summed E-state index contributed by atoms with van der Waals surface area (Å²) in [5.41, 5.74) is 3.40. The van der Waals surface area contributed by atoms with Gasteiger partial charge in [-0.05, 0) is 56.4 Å². The Morgan fingerprint density at radius 1 is 1.16 bits per heavy atom. The first-order valence-corrected chi connectivity index (χ1v) is 7.36. The Balaban J connectivity index is 1.78. The molecule has 0 spiro atoms. The van der Waals surface area contributed by atoms with Crippen molar-refractivity contribution < 1.29 is 9.69 Å². The van der Waals surface area contributed by atoms with E-state index in [2.05, 4.69) is 25.2 Å². The molecule has 1 aromatic carbocycles. The van der Waals surface area contributed by atoms with E-state index in [9.17, 15) is 4.79 Å². The lowest BCUT2D eigenvalue weighted by atomic mass is 10.1. The van der Waals surface area contributed by atoms with E-state index in [4.69, 9.17) is 0 Å². The van der Waals surface area contributed by atoms with E-state index in [-0.39, 0.29) is 5.91 Å². The highest BCUT2D eigenvalue weighted by atomic mass is 16.1. The molecule has 1 aromatic rings. The van der Waals surface area contributed by atoms with Crippen LogP contribution in [0.25, 0.3) is 0 Å². The van der Waals surface area contributed by atoms with Crippen molar-refractivity contribution in [2.45, 2.75) is 39.5 Å². The van der Waals surface area contributed by atoms with Crippen LogP contribution < -0.4 is 10.2 Å². The van der Waals surface area contributed by atoms with Crippen molar-refractivity contribution >= 4 is 11.6 Å². The zero-order chi connectivity index (χ0) is 13.7. The molecule has 0 saturated carbocycles. The Hall–Kier alpha value is -1.35. The molecule has 0 aromatic heterocycles. The molecule has 0 atom stereocenters. The molecule has 1 heterocycles. The molecular weight excluding hydrogens is 236 g/mol. The number of anilines is 1. The SMILES string of the molecule is Cc1ccc(NC(=O)CC[NH+]2CCCCC2)cc1C. The van der Waals surface area contributed by atoms with Gasteiger partial charge in [-0.15, -0.1) is 0 Å². The Bertz CT molecular complexity index is 436. The van der Waals surface area contributed by atoms with Gasteiger partial charge in [0.15, 0.2) is 0 Å². The van der Waals surface area contributed by atoms with E-state index >= 15 is 0 Å². The van der Waals surface area contributed by atoms with Crippen molar-refractivity contribution in [3.05, 3.63) is 29.3 Å². The van der Waals surface area contributed by atoms with Gasteiger partial charge < -0.3 is 10.2 Å². The zero-order valence-electron chi connectivity index (χ0n) is 12.1. The van der Waals surface area contributed by atoms with Crippen molar-refractivity contribution in [3.8, 4) is 0 Å². The van der Waals surface area contributed by atoms with Crippen LogP contribution >= 0.6 is 0 Å². The summed E-state index contributed by atoms with van der Waals surface area (Å²) >= 11 is 0. The van der Waals surface area contributed by atoms with E-state index in [1.165, 1.54) is 43.5 Å². The minimum absolute atomic E-state index is 0.140. The van der Waals surface area contributed by atoms with E-state index in [0.717, 1.165) is 12.2 Å². The quantitative estimate of drug-likeness (QED) is 0.850. The van der Waals surface area contributed by atoms with Gasteiger partial charge in [-0.3, -0.25) is 4.79 Å². The van der Waals surface area contributed by atoms with Crippen molar-refractivity contribution in [1.29, 1.82) is 0 Å². The summed E-state index contributed by atoms with van der Waals surface area (Å²) < 4.78 is 0. The lowest BCUT2D eigenvalue weighted by molar-refractivity contribution is -0.904. The largest absolute Gasteiger partial charge is 0.335 e. The Morgan fingerprint density at radius 3 is 2.58 bits per heavy atom. The molecule has 0 bridgehead atoms. The van der Waals surface area contributed by atoms with Crippen molar-refractivity contribution in [2.75, 3.05) is 25.0 Å². The fourth-order valence-electron chi connectivity index (χ4n) is 2.63. The third-order valence-electron chi connectivity index (χ3n) is 4.06. The molecule has 19 heavy (non-hydrogen) atoms. The lowest BCUT2D eigenvalue weighted by Gasteiger charge is -2.23. The van der Waals surface area contributed by atoms with Crippen molar-refractivity contribution in [3.63, 3.8) is 0 Å². The molecule has 2 rings (SSSR count). The normalized spacial score (nSPS) is 16.3. The number of likely N-dealkylation sites (tertiary alicyclic amines) is 1. The number of carbonyl (C=O) groups excluding carboxylic acids is 1. The van der Waals surface area contributed by atoms with Gasteiger partial charge in [0.05, 0.1) is 26.1 Å². The van der Waals surface area contributed by atoms with Crippen LogP contribution in [0.15, 0.2) is 18.2 Å². The number of piperidine rings is 1. The summed E-state index contributed by atoms with van der Waals surface area (Å²) in [6, 6.07) is 6.08. The topological polar surface area (TPSA) is 33.5 Å². The zero-order valence-corrected chi connectivity index (χ0v) is 12.1. The number of hydrogen-bond donors (Lipinski definition) is 2. The molecule has 1 aliphatic rings. The number of nitrogens with one attached hydrogen (secondary N) is 2. The van der Waals surface area contributed by atoms with Gasteiger partial charge >= 0.3 is 0 Å². The minimum Gasteiger partial charge on any atom is -0.335 e. The van der Waals surface area contributed by atoms with Gasteiger partial charge in [-0.25, -0.2) is 0 Å². The van der Waals surface area contributed by atoms with E-state index in [1.807, 2.05) is 12.1 Å². The molecule has 0 aliphatic carbocycles. The second-order valence-electron chi connectivity index (χ2n) is 5.66. The average molecular weight is 261 g/mol. The molecule has 3 nitrogen and oxygen atoms in total. The molecule has 1 saturated heterocycles. The van der Waals surface area contributed by atoms with Crippen LogP contribution in [-0.4, -0.2) is 25.5 Å². The summed E-state index contributed by atoms with van der Waals surface area (Å²) in [5, 5.41) is 3.00. The number of quaternary nitrogens is 1. The Morgan fingerprint density at radius 2 is 1.89 bits per heavy atom. The number of amides is 1. The summed E-state index contributed by atoms with van der Waals surface area (Å²) in [4.78, 5) is 13.5. The monoisotopic (exact) mass is 261 g/mol. The maximum atomic E-state index is 11.9. The maximum absolute atomic E-state index is 11.9. The molecule has 0 unspecified atom stereocenters. The van der Waals surface area contributed by atoms with Crippen LogP contribution in [-0.2, 0) is 4.79 Å². The lowest BCUT2D eigenvalue weighted by Crippen LogP contribution is -3.12. The molecule has 0 radical (unpaired) electrons. The molecule has 104 valence electrons. The summed E-state index contributed by atoms with van der Waals surface area (Å²) in [6.07, 6.45) is 4.61. The van der Waals surface area contributed by atoms with Crippen LogP contribution in [0.4, 0.5) is 5.69 Å². The van der Waals surface area contributed by atoms with Crippen LogP contribution in [0.1, 0.15) is 36.8 Å². The molecule has 1 fully saturated rings. The van der Waals surface area contributed by atoms with E-state index in [0.29, 0.717) is 6.42 Å². The Kier molecular flexibility index (Phi) is 4.97.